The van der Waals surface area contributed by atoms with Crippen LogP contribution in [0.15, 0.2) is 6.07 Å². The van der Waals surface area contributed by atoms with Crippen molar-refractivity contribution in [1.29, 1.82) is 0 Å². The van der Waals surface area contributed by atoms with E-state index < -0.39 is 17.8 Å². The number of ether oxygens (including phenoxy) is 1. The maximum Gasteiger partial charge on any atom is 0.432 e. The van der Waals surface area contributed by atoms with Crippen LogP contribution in [0.25, 0.3) is 0 Å². The summed E-state index contributed by atoms with van der Waals surface area (Å²) in [7, 11) is 1.62. The first-order chi connectivity index (χ1) is 10.4. The number of nitrogens with zero attached hydrogens (tertiary/aromatic N) is 2. The molecule has 0 unspecified atom stereocenters. The van der Waals surface area contributed by atoms with E-state index >= 15 is 0 Å². The summed E-state index contributed by atoms with van der Waals surface area (Å²) in [6.07, 6.45) is -0.161. The molecule has 0 aromatic carbocycles. The number of amides is 1. The summed E-state index contributed by atoms with van der Waals surface area (Å²) >= 11 is 0. The Kier molecular flexibility index (Phi) is 5.44. The van der Waals surface area contributed by atoms with Gasteiger partial charge < -0.3 is 9.64 Å². The Labute approximate surface area is 126 Å². The predicted molar refractivity (Wildman–Crippen MR) is 73.4 cm³/mol. The monoisotopic (exact) mass is 319 g/mol. The molecule has 2 rings (SSSR count). The number of alkyl halides is 3. The van der Waals surface area contributed by atoms with Crippen LogP contribution in [0, 0.1) is 0 Å². The van der Waals surface area contributed by atoms with Gasteiger partial charge in [0.1, 0.15) is 5.69 Å². The lowest BCUT2D eigenvalue weighted by Gasteiger charge is -2.35. The Bertz CT molecular complexity index is 502. The lowest BCUT2D eigenvalue weighted by atomic mass is 9.97. The van der Waals surface area contributed by atoms with Crippen LogP contribution in [-0.4, -0.2) is 47.3 Å². The number of rotatable bonds is 5. The highest BCUT2D eigenvalue weighted by atomic mass is 19.4. The summed E-state index contributed by atoms with van der Waals surface area (Å²) in [4.78, 5) is 14.1. The number of piperidine rings is 1. The molecule has 0 radical (unpaired) electrons. The van der Waals surface area contributed by atoms with Crippen molar-refractivity contribution >= 4 is 5.91 Å². The molecule has 124 valence electrons. The maximum atomic E-state index is 12.6. The van der Waals surface area contributed by atoms with Crippen LogP contribution < -0.4 is 0 Å². The Morgan fingerprint density at radius 1 is 1.50 bits per heavy atom. The van der Waals surface area contributed by atoms with Crippen LogP contribution in [0.5, 0.6) is 0 Å². The molecule has 1 aromatic heterocycles. The quantitative estimate of drug-likeness (QED) is 0.849. The van der Waals surface area contributed by atoms with E-state index in [0.717, 1.165) is 38.2 Å². The molecule has 0 aliphatic carbocycles. The molecule has 0 saturated carbocycles. The standard InChI is InChI=1S/C14H20F3N3O2/c1-22-8-4-6-10-5-2-3-7-20(10)13(21)11-9-12(19-18-11)14(15,16)17/h9-10H,2-8H2,1H3,(H,18,19)/t10-/m1/s1. The maximum absolute atomic E-state index is 12.6. The van der Waals surface area contributed by atoms with Gasteiger partial charge in [0.25, 0.3) is 5.91 Å². The van der Waals surface area contributed by atoms with Crippen LogP contribution >= 0.6 is 0 Å². The number of halogens is 3. The molecule has 1 fully saturated rings. The van der Waals surface area contributed by atoms with Gasteiger partial charge in [0.2, 0.25) is 0 Å². The van der Waals surface area contributed by atoms with E-state index in [0.29, 0.717) is 13.2 Å². The van der Waals surface area contributed by atoms with E-state index in [9.17, 15) is 18.0 Å². The Balaban J connectivity index is 2.06. The largest absolute Gasteiger partial charge is 0.432 e. The van der Waals surface area contributed by atoms with E-state index in [2.05, 4.69) is 5.10 Å². The second kappa shape index (κ2) is 7.13. The minimum Gasteiger partial charge on any atom is -0.385 e. The third-order valence-corrected chi connectivity index (χ3v) is 3.88. The third kappa shape index (κ3) is 4.00. The zero-order valence-electron chi connectivity index (χ0n) is 12.4. The van der Waals surface area contributed by atoms with Crippen molar-refractivity contribution in [2.75, 3.05) is 20.3 Å². The Hall–Kier alpha value is -1.57. The normalized spacial score (nSPS) is 19.5. The van der Waals surface area contributed by atoms with Crippen LogP contribution in [0.1, 0.15) is 48.3 Å². The summed E-state index contributed by atoms with van der Waals surface area (Å²) in [5.74, 6) is -0.436. The van der Waals surface area contributed by atoms with E-state index in [1.807, 2.05) is 5.10 Å². The first-order valence-electron chi connectivity index (χ1n) is 7.36. The van der Waals surface area contributed by atoms with Gasteiger partial charge in [-0.2, -0.15) is 18.3 Å². The molecule has 1 aromatic rings. The number of likely N-dealkylation sites (tertiary alicyclic amines) is 1. The van der Waals surface area contributed by atoms with Gasteiger partial charge in [-0.1, -0.05) is 0 Å². The molecule has 0 bridgehead atoms. The molecule has 22 heavy (non-hydrogen) atoms. The van der Waals surface area contributed by atoms with Gasteiger partial charge in [0, 0.05) is 32.4 Å². The van der Waals surface area contributed by atoms with Gasteiger partial charge in [0.05, 0.1) is 0 Å². The highest BCUT2D eigenvalue weighted by molar-refractivity contribution is 5.92. The van der Waals surface area contributed by atoms with Gasteiger partial charge >= 0.3 is 6.18 Å². The molecule has 1 atom stereocenters. The number of H-pyrrole nitrogens is 1. The zero-order chi connectivity index (χ0) is 16.2. The fourth-order valence-electron chi connectivity index (χ4n) is 2.75. The molecule has 2 heterocycles. The van der Waals surface area contributed by atoms with Crippen molar-refractivity contribution in [2.24, 2.45) is 0 Å². The van der Waals surface area contributed by atoms with Crippen molar-refractivity contribution in [3.8, 4) is 0 Å². The molecular formula is C14H20F3N3O2. The average molecular weight is 319 g/mol. The molecule has 0 spiro atoms. The van der Waals surface area contributed by atoms with Crippen LogP contribution in [0.2, 0.25) is 0 Å². The van der Waals surface area contributed by atoms with Crippen molar-refractivity contribution < 1.29 is 22.7 Å². The second-order valence-corrected chi connectivity index (χ2v) is 5.45. The number of hydrogen-bond acceptors (Lipinski definition) is 3. The summed E-state index contributed by atoms with van der Waals surface area (Å²) in [5, 5.41) is 5.42. The van der Waals surface area contributed by atoms with Gasteiger partial charge in [-0.05, 0) is 32.1 Å². The van der Waals surface area contributed by atoms with E-state index in [1.165, 1.54) is 0 Å². The fraction of sp³-hybridized carbons (Fsp3) is 0.714. The first kappa shape index (κ1) is 16.8. The molecule has 5 nitrogen and oxygen atoms in total. The molecule has 1 aliphatic rings. The van der Waals surface area contributed by atoms with Gasteiger partial charge in [-0.3, -0.25) is 9.89 Å². The summed E-state index contributed by atoms with van der Waals surface area (Å²) in [5.41, 5.74) is -1.17. The number of nitrogens with one attached hydrogen (secondary N) is 1. The third-order valence-electron chi connectivity index (χ3n) is 3.88. The smallest absolute Gasteiger partial charge is 0.385 e. The number of methoxy groups -OCH3 is 1. The average Bonchev–Trinajstić information content (AvgIpc) is 2.97. The topological polar surface area (TPSA) is 58.2 Å². The van der Waals surface area contributed by atoms with Gasteiger partial charge in [-0.25, -0.2) is 0 Å². The highest BCUT2D eigenvalue weighted by Gasteiger charge is 2.35. The SMILES string of the molecule is COCCC[C@H]1CCCCN1C(=O)c1cc(C(F)(F)F)[nH]n1. The van der Waals surface area contributed by atoms with Crippen LogP contribution in [-0.2, 0) is 10.9 Å². The molecule has 1 aliphatic heterocycles. The number of aromatic amines is 1. The van der Waals surface area contributed by atoms with Crippen LogP contribution in [0.4, 0.5) is 13.2 Å². The lowest BCUT2D eigenvalue weighted by molar-refractivity contribution is -0.141. The highest BCUT2D eigenvalue weighted by Crippen LogP contribution is 2.29. The predicted octanol–water partition coefficient (Wildman–Crippen LogP) is 2.85. The van der Waals surface area contributed by atoms with Crippen LogP contribution in [0.3, 0.4) is 0 Å². The summed E-state index contributed by atoms with van der Waals surface area (Å²) in [6, 6.07) is 0.825. The van der Waals surface area contributed by atoms with Crippen molar-refractivity contribution in [3.63, 3.8) is 0 Å². The first-order valence-corrected chi connectivity index (χ1v) is 7.36. The number of carbonyl (C=O) groups excluding carboxylic acids is 1. The number of carbonyl (C=O) groups is 1. The molecule has 1 saturated heterocycles. The van der Waals surface area contributed by atoms with E-state index in [-0.39, 0.29) is 11.7 Å². The minimum atomic E-state index is -4.52. The molecule has 1 amide bonds. The van der Waals surface area contributed by atoms with Crippen molar-refractivity contribution in [3.05, 3.63) is 17.5 Å². The Morgan fingerprint density at radius 3 is 2.91 bits per heavy atom. The van der Waals surface area contributed by atoms with Gasteiger partial charge in [-0.15, -0.1) is 0 Å². The van der Waals surface area contributed by atoms with Gasteiger partial charge in [0.15, 0.2) is 5.69 Å². The Morgan fingerprint density at radius 2 is 2.27 bits per heavy atom. The number of aromatic nitrogens is 2. The summed E-state index contributed by atoms with van der Waals surface area (Å²) in [6.45, 7) is 1.17. The molecule has 8 heteroatoms. The minimum absolute atomic E-state index is 0.0439. The van der Waals surface area contributed by atoms with E-state index in [1.54, 1.807) is 12.0 Å². The second-order valence-electron chi connectivity index (χ2n) is 5.45. The zero-order valence-corrected chi connectivity index (χ0v) is 12.4. The van der Waals surface area contributed by atoms with Crippen molar-refractivity contribution in [1.82, 2.24) is 15.1 Å². The fourth-order valence-corrected chi connectivity index (χ4v) is 2.75. The van der Waals surface area contributed by atoms with Crippen molar-refractivity contribution in [2.45, 2.75) is 44.3 Å². The number of hydrogen-bond donors (Lipinski definition) is 1. The summed E-state index contributed by atoms with van der Waals surface area (Å²) < 4.78 is 42.7. The lowest BCUT2D eigenvalue weighted by Crippen LogP contribution is -2.44. The van der Waals surface area contributed by atoms with E-state index in [4.69, 9.17) is 4.74 Å². The molecule has 1 N–H and O–H groups in total. The molecular weight excluding hydrogens is 299 g/mol.